The molecule has 1 unspecified atom stereocenters. The number of fused-ring (bicyclic) bond motifs is 1. The van der Waals surface area contributed by atoms with E-state index in [0.29, 0.717) is 17.1 Å². The molecule has 0 bridgehead atoms. The van der Waals surface area contributed by atoms with Gasteiger partial charge in [0.05, 0.1) is 27.2 Å². The quantitative estimate of drug-likeness (QED) is 0.234. The van der Waals surface area contributed by atoms with E-state index in [4.69, 9.17) is 16.6 Å². The summed E-state index contributed by atoms with van der Waals surface area (Å²) in [5, 5.41) is 1.24. The van der Waals surface area contributed by atoms with Gasteiger partial charge in [0.1, 0.15) is 11.0 Å². The van der Waals surface area contributed by atoms with Crippen molar-refractivity contribution in [2.75, 3.05) is 4.90 Å². The van der Waals surface area contributed by atoms with Crippen molar-refractivity contribution < 1.29 is 18.0 Å². The average Bonchev–Trinajstić information content (AvgIpc) is 3.44. The minimum Gasteiger partial charge on any atom is -0.274 e. The van der Waals surface area contributed by atoms with Gasteiger partial charge in [-0.15, -0.1) is 11.3 Å². The highest BCUT2D eigenvalue weighted by Crippen LogP contribution is 2.37. The second-order valence-corrected chi connectivity index (χ2v) is 13.5. The first-order valence-corrected chi connectivity index (χ1v) is 15.2. The van der Waals surface area contributed by atoms with E-state index in [0.717, 1.165) is 31.3 Å². The zero-order chi connectivity index (χ0) is 28.1. The Bertz CT molecular complexity index is 1680. The molecule has 3 aromatic carbocycles. The van der Waals surface area contributed by atoms with Crippen molar-refractivity contribution in [2.24, 2.45) is 0 Å². The van der Waals surface area contributed by atoms with Gasteiger partial charge in [0.2, 0.25) is 15.9 Å². The zero-order valence-corrected chi connectivity index (χ0v) is 24.4. The van der Waals surface area contributed by atoms with Gasteiger partial charge >= 0.3 is 0 Å². The second kappa shape index (κ2) is 10.1. The van der Waals surface area contributed by atoms with Crippen LogP contribution in [0.4, 0.5) is 5.69 Å². The molecule has 1 aliphatic rings. The molecular weight excluding hydrogens is 554 g/mol. The standard InChI is InChI=1S/C29H28ClN3O4S2/c1-5-29(3,4)33(39(36,37)22-13-9-20(30)10-14-22)24-17-26(34)32(28(24)35)21-11-7-19(8-12-21)27-31-23-15-6-18(2)16-25(23)38-27/h6-16,24H,5,17H2,1-4H3. The summed E-state index contributed by atoms with van der Waals surface area (Å²) in [5.74, 6) is -1.02. The Morgan fingerprint density at radius 3 is 2.36 bits per heavy atom. The average molecular weight is 582 g/mol. The number of hydrogen-bond acceptors (Lipinski definition) is 6. The molecular formula is C29H28ClN3O4S2. The summed E-state index contributed by atoms with van der Waals surface area (Å²) >= 11 is 7.55. The smallest absolute Gasteiger partial charge is 0.252 e. The Morgan fingerprint density at radius 1 is 1.05 bits per heavy atom. The van der Waals surface area contributed by atoms with Crippen LogP contribution in [0.3, 0.4) is 0 Å². The lowest BCUT2D eigenvalue weighted by atomic mass is 10.00. The van der Waals surface area contributed by atoms with Gasteiger partial charge in [-0.1, -0.05) is 24.6 Å². The Labute approximate surface area is 237 Å². The van der Waals surface area contributed by atoms with Gasteiger partial charge in [-0.3, -0.25) is 9.59 Å². The van der Waals surface area contributed by atoms with Crippen LogP contribution in [0.1, 0.15) is 39.2 Å². The molecule has 0 spiro atoms. The number of halogens is 1. The highest BCUT2D eigenvalue weighted by molar-refractivity contribution is 7.89. The molecule has 1 aromatic heterocycles. The molecule has 0 saturated carbocycles. The summed E-state index contributed by atoms with van der Waals surface area (Å²) in [6.07, 6.45) is 0.197. The molecule has 0 radical (unpaired) electrons. The minimum atomic E-state index is -4.12. The van der Waals surface area contributed by atoms with E-state index in [1.165, 1.54) is 28.6 Å². The lowest BCUT2D eigenvalue weighted by Gasteiger charge is -2.39. The molecule has 2 amide bonds. The van der Waals surface area contributed by atoms with E-state index in [1.807, 2.05) is 38.1 Å². The van der Waals surface area contributed by atoms with Crippen LogP contribution in [0.15, 0.2) is 71.6 Å². The molecule has 1 saturated heterocycles. The van der Waals surface area contributed by atoms with Crippen LogP contribution < -0.4 is 4.90 Å². The maximum atomic E-state index is 13.8. The van der Waals surface area contributed by atoms with Crippen molar-refractivity contribution in [2.45, 2.75) is 57.0 Å². The summed E-state index contributed by atoms with van der Waals surface area (Å²) in [6.45, 7) is 7.41. The van der Waals surface area contributed by atoms with Crippen molar-refractivity contribution in [1.82, 2.24) is 9.29 Å². The van der Waals surface area contributed by atoms with Crippen LogP contribution in [0, 0.1) is 6.92 Å². The highest BCUT2D eigenvalue weighted by atomic mass is 35.5. The fraction of sp³-hybridized carbons (Fsp3) is 0.276. The minimum absolute atomic E-state index is 0.0162. The number of carbonyl (C=O) groups is 2. The number of aryl methyl sites for hydroxylation is 1. The van der Waals surface area contributed by atoms with Crippen LogP contribution in [0.2, 0.25) is 5.02 Å². The molecule has 2 heterocycles. The van der Waals surface area contributed by atoms with E-state index >= 15 is 0 Å². The summed E-state index contributed by atoms with van der Waals surface area (Å²) in [6, 6.07) is 17.8. The predicted octanol–water partition coefficient (Wildman–Crippen LogP) is 6.44. The van der Waals surface area contributed by atoms with Gasteiger partial charge in [-0.25, -0.2) is 18.3 Å². The maximum Gasteiger partial charge on any atom is 0.252 e. The number of amides is 2. The molecule has 5 rings (SSSR count). The lowest BCUT2D eigenvalue weighted by molar-refractivity contribution is -0.122. The molecule has 1 fully saturated rings. The van der Waals surface area contributed by atoms with Crippen LogP contribution >= 0.6 is 22.9 Å². The Kier molecular flexibility index (Phi) is 7.13. The third-order valence-corrected chi connectivity index (χ3v) is 10.6. The normalized spacial score (nSPS) is 16.6. The summed E-state index contributed by atoms with van der Waals surface area (Å²) < 4.78 is 29.9. The topological polar surface area (TPSA) is 87.7 Å². The number of thiazole rings is 1. The molecule has 1 aliphatic heterocycles. The number of sulfonamides is 1. The van der Waals surface area contributed by atoms with E-state index in [-0.39, 0.29) is 11.3 Å². The van der Waals surface area contributed by atoms with E-state index in [9.17, 15) is 18.0 Å². The Morgan fingerprint density at radius 2 is 1.72 bits per heavy atom. The first kappa shape index (κ1) is 27.5. The third kappa shape index (κ3) is 5.00. The Hall–Kier alpha value is -3.11. The molecule has 4 aromatic rings. The van der Waals surface area contributed by atoms with Crippen molar-refractivity contribution in [1.29, 1.82) is 0 Å². The fourth-order valence-corrected chi connectivity index (χ4v) is 7.95. The molecule has 10 heteroatoms. The van der Waals surface area contributed by atoms with Gasteiger partial charge < -0.3 is 0 Å². The van der Waals surface area contributed by atoms with Crippen LogP contribution in [-0.2, 0) is 19.6 Å². The number of anilines is 1. The van der Waals surface area contributed by atoms with Gasteiger partial charge in [0.25, 0.3) is 5.91 Å². The monoisotopic (exact) mass is 581 g/mol. The summed E-state index contributed by atoms with van der Waals surface area (Å²) in [7, 11) is -4.12. The number of rotatable bonds is 7. The SMILES string of the molecule is CCC(C)(C)N(C1CC(=O)N(c2ccc(-c3nc4ccc(C)cc4s3)cc2)C1=O)S(=O)(=O)c1ccc(Cl)cc1. The summed E-state index contributed by atoms with van der Waals surface area (Å²) in [5.41, 5.74) is 2.41. The lowest BCUT2D eigenvalue weighted by Crippen LogP contribution is -2.55. The van der Waals surface area contributed by atoms with Crippen molar-refractivity contribution in [3.8, 4) is 10.6 Å². The molecule has 1 atom stereocenters. The van der Waals surface area contributed by atoms with Crippen molar-refractivity contribution in [3.63, 3.8) is 0 Å². The van der Waals surface area contributed by atoms with Crippen molar-refractivity contribution in [3.05, 3.63) is 77.3 Å². The fourth-order valence-electron chi connectivity index (χ4n) is 4.77. The maximum absolute atomic E-state index is 13.8. The number of benzene rings is 3. The molecule has 7 nitrogen and oxygen atoms in total. The van der Waals surface area contributed by atoms with Gasteiger partial charge in [0.15, 0.2) is 0 Å². The number of nitrogens with zero attached hydrogens (tertiary/aromatic N) is 3. The first-order valence-electron chi connectivity index (χ1n) is 12.6. The van der Waals surface area contributed by atoms with Crippen LogP contribution in [0.25, 0.3) is 20.8 Å². The number of carbonyl (C=O) groups excluding carboxylic acids is 2. The third-order valence-electron chi connectivity index (χ3n) is 7.15. The summed E-state index contributed by atoms with van der Waals surface area (Å²) in [4.78, 5) is 32.7. The first-order chi connectivity index (χ1) is 18.4. The second-order valence-electron chi connectivity index (χ2n) is 10.2. The van der Waals surface area contributed by atoms with Gasteiger partial charge in [-0.2, -0.15) is 4.31 Å². The van der Waals surface area contributed by atoms with Gasteiger partial charge in [0, 0.05) is 16.1 Å². The zero-order valence-electron chi connectivity index (χ0n) is 22.0. The number of hydrogen-bond donors (Lipinski definition) is 0. The van der Waals surface area contributed by atoms with Crippen molar-refractivity contribution >= 4 is 60.7 Å². The van der Waals surface area contributed by atoms with E-state index < -0.39 is 33.4 Å². The predicted molar refractivity (Wildman–Crippen MR) is 156 cm³/mol. The molecule has 202 valence electrons. The van der Waals surface area contributed by atoms with E-state index in [1.54, 1.807) is 37.3 Å². The van der Waals surface area contributed by atoms with Crippen LogP contribution in [0.5, 0.6) is 0 Å². The molecule has 0 aliphatic carbocycles. The number of aromatic nitrogens is 1. The van der Waals surface area contributed by atoms with E-state index in [2.05, 4.69) is 6.07 Å². The molecule has 39 heavy (non-hydrogen) atoms. The van der Waals surface area contributed by atoms with Gasteiger partial charge in [-0.05, 0) is 93.4 Å². The highest BCUT2D eigenvalue weighted by Gasteiger charge is 2.51. The largest absolute Gasteiger partial charge is 0.274 e. The molecule has 0 N–H and O–H groups in total. The van der Waals surface area contributed by atoms with Crippen LogP contribution in [-0.4, -0.2) is 41.1 Å². The Balaban J connectivity index is 1.47. The number of imide groups is 1.